The zero-order valence-electron chi connectivity index (χ0n) is 13.5. The van der Waals surface area contributed by atoms with Crippen molar-refractivity contribution in [2.24, 2.45) is 0 Å². The average Bonchev–Trinajstić information content (AvgIpc) is 2.60. The third-order valence-electron chi connectivity index (χ3n) is 3.72. The number of pyridine rings is 1. The summed E-state index contributed by atoms with van der Waals surface area (Å²) in [4.78, 5) is 17.1. The van der Waals surface area contributed by atoms with Crippen molar-refractivity contribution < 1.29 is 9.53 Å². The van der Waals surface area contributed by atoms with Gasteiger partial charge >= 0.3 is 0 Å². The molecule has 1 N–H and O–H groups in total. The number of anilines is 1. The summed E-state index contributed by atoms with van der Waals surface area (Å²) in [6.45, 7) is 2.19. The fourth-order valence-corrected chi connectivity index (χ4v) is 3.11. The van der Waals surface area contributed by atoms with E-state index in [-0.39, 0.29) is 5.91 Å². The maximum atomic E-state index is 12.8. The Morgan fingerprint density at radius 1 is 1.20 bits per heavy atom. The van der Waals surface area contributed by atoms with Crippen LogP contribution >= 0.6 is 23.2 Å². The summed E-state index contributed by atoms with van der Waals surface area (Å²) in [5, 5.41) is 4.67. The standard InChI is InChI=1S/C19H16Cl2N2O2/c1-2-25-18(13-9-8-12(20)11-15(13)21)19(24)23-17-7-3-6-16-14(17)5-4-10-22-16/h3-11,18H,2H2,1H3,(H,23,24). The van der Waals surface area contributed by atoms with E-state index in [0.29, 0.717) is 27.9 Å². The van der Waals surface area contributed by atoms with E-state index in [9.17, 15) is 4.79 Å². The Labute approximate surface area is 155 Å². The van der Waals surface area contributed by atoms with Gasteiger partial charge in [0.2, 0.25) is 0 Å². The molecule has 128 valence electrons. The van der Waals surface area contributed by atoms with Gasteiger partial charge in [-0.15, -0.1) is 0 Å². The summed E-state index contributed by atoms with van der Waals surface area (Å²) < 4.78 is 5.64. The predicted octanol–water partition coefficient (Wildman–Crippen LogP) is 5.26. The molecule has 0 bridgehead atoms. The highest BCUT2D eigenvalue weighted by molar-refractivity contribution is 6.35. The van der Waals surface area contributed by atoms with E-state index >= 15 is 0 Å². The van der Waals surface area contributed by atoms with Crippen LogP contribution in [0.5, 0.6) is 0 Å². The highest BCUT2D eigenvalue weighted by Gasteiger charge is 2.24. The first-order valence-electron chi connectivity index (χ1n) is 7.81. The molecule has 1 aromatic heterocycles. The number of hydrogen-bond acceptors (Lipinski definition) is 3. The van der Waals surface area contributed by atoms with E-state index in [1.165, 1.54) is 0 Å². The van der Waals surface area contributed by atoms with E-state index in [2.05, 4.69) is 10.3 Å². The molecular weight excluding hydrogens is 359 g/mol. The molecule has 1 unspecified atom stereocenters. The minimum Gasteiger partial charge on any atom is -0.364 e. The quantitative estimate of drug-likeness (QED) is 0.662. The molecule has 2 aromatic carbocycles. The number of fused-ring (bicyclic) bond motifs is 1. The van der Waals surface area contributed by atoms with Crippen LogP contribution in [0, 0.1) is 0 Å². The molecule has 0 aliphatic heterocycles. The Bertz CT molecular complexity index is 910. The van der Waals surface area contributed by atoms with E-state index in [4.69, 9.17) is 27.9 Å². The molecule has 0 saturated carbocycles. The third kappa shape index (κ3) is 3.93. The number of carbonyl (C=O) groups is 1. The second-order valence-corrected chi connectivity index (χ2v) is 6.21. The highest BCUT2D eigenvalue weighted by atomic mass is 35.5. The smallest absolute Gasteiger partial charge is 0.258 e. The summed E-state index contributed by atoms with van der Waals surface area (Å²) in [5.74, 6) is -0.303. The number of nitrogens with zero attached hydrogens (tertiary/aromatic N) is 1. The van der Waals surface area contributed by atoms with Gasteiger partial charge in [0, 0.05) is 33.8 Å². The molecule has 6 heteroatoms. The highest BCUT2D eigenvalue weighted by Crippen LogP contribution is 2.30. The van der Waals surface area contributed by atoms with E-state index in [1.807, 2.05) is 37.3 Å². The summed E-state index contributed by atoms with van der Waals surface area (Å²) in [5.41, 5.74) is 2.05. The normalized spacial score (nSPS) is 12.1. The van der Waals surface area contributed by atoms with Crippen molar-refractivity contribution >= 4 is 45.7 Å². The van der Waals surface area contributed by atoms with Crippen LogP contribution < -0.4 is 5.32 Å². The van der Waals surface area contributed by atoms with Crippen LogP contribution in [0.3, 0.4) is 0 Å². The van der Waals surface area contributed by atoms with Crippen LogP contribution in [0.1, 0.15) is 18.6 Å². The molecule has 0 radical (unpaired) electrons. The Morgan fingerprint density at radius 3 is 2.80 bits per heavy atom. The number of hydrogen-bond donors (Lipinski definition) is 1. The van der Waals surface area contributed by atoms with Crippen LogP contribution in [0.2, 0.25) is 10.0 Å². The fraction of sp³-hybridized carbons (Fsp3) is 0.158. The molecule has 1 amide bonds. The summed E-state index contributed by atoms with van der Waals surface area (Å²) in [7, 11) is 0. The molecular formula is C19H16Cl2N2O2. The van der Waals surface area contributed by atoms with Gasteiger partial charge < -0.3 is 10.1 Å². The third-order valence-corrected chi connectivity index (χ3v) is 4.28. The summed E-state index contributed by atoms with van der Waals surface area (Å²) in [6, 6.07) is 14.3. The lowest BCUT2D eigenvalue weighted by Crippen LogP contribution is -2.24. The van der Waals surface area contributed by atoms with Crippen molar-refractivity contribution in [1.82, 2.24) is 4.98 Å². The van der Waals surface area contributed by atoms with Crippen LogP contribution in [-0.2, 0) is 9.53 Å². The molecule has 0 fully saturated rings. The lowest BCUT2D eigenvalue weighted by atomic mass is 10.1. The van der Waals surface area contributed by atoms with Gasteiger partial charge in [0.05, 0.1) is 11.2 Å². The van der Waals surface area contributed by atoms with Crippen LogP contribution in [0.4, 0.5) is 5.69 Å². The van der Waals surface area contributed by atoms with Crippen LogP contribution in [0.25, 0.3) is 10.9 Å². The minimum absolute atomic E-state index is 0.303. The van der Waals surface area contributed by atoms with Gasteiger partial charge in [-0.2, -0.15) is 0 Å². The van der Waals surface area contributed by atoms with Gasteiger partial charge in [-0.1, -0.05) is 35.3 Å². The molecule has 0 saturated heterocycles. The van der Waals surface area contributed by atoms with Crippen molar-refractivity contribution in [3.63, 3.8) is 0 Å². The zero-order valence-corrected chi connectivity index (χ0v) is 15.0. The average molecular weight is 375 g/mol. The number of nitrogens with one attached hydrogen (secondary N) is 1. The van der Waals surface area contributed by atoms with Crippen molar-refractivity contribution in [3.05, 3.63) is 70.3 Å². The molecule has 1 atom stereocenters. The summed E-state index contributed by atoms with van der Waals surface area (Å²) >= 11 is 12.2. The predicted molar refractivity (Wildman–Crippen MR) is 101 cm³/mol. The van der Waals surface area contributed by atoms with Crippen molar-refractivity contribution in [3.8, 4) is 0 Å². The number of carbonyl (C=O) groups excluding carboxylic acids is 1. The lowest BCUT2D eigenvalue weighted by Gasteiger charge is -2.19. The Balaban J connectivity index is 1.93. The number of ether oxygens (including phenoxy) is 1. The maximum Gasteiger partial charge on any atom is 0.258 e. The largest absolute Gasteiger partial charge is 0.364 e. The van der Waals surface area contributed by atoms with Crippen molar-refractivity contribution in [2.45, 2.75) is 13.0 Å². The monoisotopic (exact) mass is 374 g/mol. The first-order chi connectivity index (χ1) is 12.1. The molecule has 3 aromatic rings. The number of aromatic nitrogens is 1. The first kappa shape index (κ1) is 17.7. The molecule has 0 aliphatic carbocycles. The van der Waals surface area contributed by atoms with Gasteiger partial charge in [0.25, 0.3) is 5.91 Å². The minimum atomic E-state index is -0.832. The van der Waals surface area contributed by atoms with Gasteiger partial charge in [-0.3, -0.25) is 9.78 Å². The van der Waals surface area contributed by atoms with E-state index in [1.54, 1.807) is 24.4 Å². The second kappa shape index (κ2) is 7.83. The number of halogens is 2. The second-order valence-electron chi connectivity index (χ2n) is 5.37. The molecule has 25 heavy (non-hydrogen) atoms. The zero-order chi connectivity index (χ0) is 17.8. The molecule has 0 aliphatic rings. The topological polar surface area (TPSA) is 51.2 Å². The molecule has 1 heterocycles. The molecule has 3 rings (SSSR count). The Kier molecular flexibility index (Phi) is 5.53. The van der Waals surface area contributed by atoms with Crippen molar-refractivity contribution in [1.29, 1.82) is 0 Å². The lowest BCUT2D eigenvalue weighted by molar-refractivity contribution is -0.127. The molecule has 4 nitrogen and oxygen atoms in total. The van der Waals surface area contributed by atoms with Gasteiger partial charge in [0.15, 0.2) is 6.10 Å². The van der Waals surface area contributed by atoms with Gasteiger partial charge in [-0.05, 0) is 43.3 Å². The maximum absolute atomic E-state index is 12.8. The summed E-state index contributed by atoms with van der Waals surface area (Å²) in [6.07, 6.45) is 0.881. The number of rotatable bonds is 5. The van der Waals surface area contributed by atoms with Crippen LogP contribution in [0.15, 0.2) is 54.7 Å². The van der Waals surface area contributed by atoms with Gasteiger partial charge in [-0.25, -0.2) is 0 Å². The van der Waals surface area contributed by atoms with Crippen LogP contribution in [-0.4, -0.2) is 17.5 Å². The van der Waals surface area contributed by atoms with Crippen molar-refractivity contribution in [2.75, 3.05) is 11.9 Å². The Hall–Kier alpha value is -2.14. The number of benzene rings is 2. The van der Waals surface area contributed by atoms with Gasteiger partial charge in [0.1, 0.15) is 0 Å². The Morgan fingerprint density at radius 2 is 2.04 bits per heavy atom. The number of amides is 1. The SMILES string of the molecule is CCOC(C(=O)Nc1cccc2ncccc12)c1ccc(Cl)cc1Cl. The van der Waals surface area contributed by atoms with E-state index in [0.717, 1.165) is 10.9 Å². The fourth-order valence-electron chi connectivity index (χ4n) is 2.60. The van der Waals surface area contributed by atoms with E-state index < -0.39 is 6.10 Å². The first-order valence-corrected chi connectivity index (χ1v) is 8.57. The molecule has 0 spiro atoms.